The Hall–Kier alpha value is -0.910. The van der Waals surface area contributed by atoms with Crippen molar-refractivity contribution in [3.63, 3.8) is 0 Å². The monoisotopic (exact) mass is 314 g/mol. The summed E-state index contributed by atoms with van der Waals surface area (Å²) in [5.74, 6) is 0. The van der Waals surface area contributed by atoms with Crippen molar-refractivity contribution < 1.29 is 0 Å². The normalized spacial score (nSPS) is 12.7. The summed E-state index contributed by atoms with van der Waals surface area (Å²) in [6.45, 7) is 2.74. The Morgan fingerprint density at radius 2 is 2.29 bits per heavy atom. The van der Waals surface area contributed by atoms with Crippen LogP contribution in [0.15, 0.2) is 28.9 Å². The highest BCUT2D eigenvalue weighted by atomic mass is 79.9. The van der Waals surface area contributed by atoms with Crippen LogP contribution in [0.5, 0.6) is 0 Å². The summed E-state index contributed by atoms with van der Waals surface area (Å²) >= 11 is 9.41. The molecular formula is C11H12BrClN4. The third kappa shape index (κ3) is 2.51. The lowest BCUT2D eigenvalue weighted by Gasteiger charge is -2.13. The number of rotatable bonds is 3. The van der Waals surface area contributed by atoms with Gasteiger partial charge in [0.25, 0.3) is 0 Å². The number of aryl methyl sites for hydroxylation is 1. The Bertz CT molecular complexity index is 526. The van der Waals surface area contributed by atoms with E-state index in [1.807, 2.05) is 25.1 Å². The molecule has 2 N–H and O–H groups in total. The second kappa shape index (κ2) is 5.16. The minimum absolute atomic E-state index is 0.268. The molecule has 1 atom stereocenters. The molecule has 0 aliphatic rings. The van der Waals surface area contributed by atoms with Crippen molar-refractivity contribution in [3.05, 3.63) is 45.1 Å². The van der Waals surface area contributed by atoms with Crippen LogP contribution in [0.2, 0.25) is 5.02 Å². The van der Waals surface area contributed by atoms with Crippen LogP contribution in [0.3, 0.4) is 0 Å². The van der Waals surface area contributed by atoms with Gasteiger partial charge in [0.15, 0.2) is 0 Å². The van der Waals surface area contributed by atoms with E-state index in [0.29, 0.717) is 5.02 Å². The lowest BCUT2D eigenvalue weighted by atomic mass is 10.1. The number of hydrogen-bond acceptors (Lipinski definition) is 3. The van der Waals surface area contributed by atoms with Crippen LogP contribution in [0, 0.1) is 0 Å². The van der Waals surface area contributed by atoms with Gasteiger partial charge in [0.05, 0.1) is 23.0 Å². The molecule has 0 saturated carbocycles. The molecule has 0 aliphatic heterocycles. The predicted octanol–water partition coefficient (Wildman–Crippen LogP) is 2.76. The smallest absolute Gasteiger partial charge is 0.0799 e. The fourth-order valence-corrected chi connectivity index (χ4v) is 2.06. The van der Waals surface area contributed by atoms with E-state index in [9.17, 15) is 0 Å². The maximum atomic E-state index is 6.18. The molecule has 4 nitrogen and oxygen atoms in total. The Balaban J connectivity index is 2.36. The Kier molecular flexibility index (Phi) is 3.81. The maximum Gasteiger partial charge on any atom is 0.0799 e. The van der Waals surface area contributed by atoms with Gasteiger partial charge >= 0.3 is 0 Å². The van der Waals surface area contributed by atoms with Crippen LogP contribution < -0.4 is 5.73 Å². The summed E-state index contributed by atoms with van der Waals surface area (Å²) in [4.78, 5) is 0. The molecule has 2 rings (SSSR count). The first-order chi connectivity index (χ1) is 8.13. The Morgan fingerprint density at radius 1 is 1.53 bits per heavy atom. The zero-order chi connectivity index (χ0) is 12.4. The second-order valence-corrected chi connectivity index (χ2v) is 4.89. The van der Waals surface area contributed by atoms with Gasteiger partial charge in [-0.2, -0.15) is 0 Å². The summed E-state index contributed by atoms with van der Waals surface area (Å²) in [6, 6.07) is 5.41. The number of aromatic nitrogens is 3. The molecule has 0 radical (unpaired) electrons. The summed E-state index contributed by atoms with van der Waals surface area (Å²) in [6.07, 6.45) is 1.68. The van der Waals surface area contributed by atoms with Gasteiger partial charge < -0.3 is 5.73 Å². The maximum absolute atomic E-state index is 6.18. The fourth-order valence-electron chi connectivity index (χ4n) is 1.63. The third-order valence-electron chi connectivity index (χ3n) is 2.57. The van der Waals surface area contributed by atoms with Gasteiger partial charge in [-0.05, 0) is 40.5 Å². The van der Waals surface area contributed by atoms with Crippen molar-refractivity contribution in [1.29, 1.82) is 0 Å². The van der Waals surface area contributed by atoms with Crippen LogP contribution in [-0.2, 0) is 6.54 Å². The van der Waals surface area contributed by atoms with Crippen LogP contribution in [0.25, 0.3) is 0 Å². The number of halogens is 2. The third-order valence-corrected chi connectivity index (χ3v) is 3.80. The van der Waals surface area contributed by atoms with E-state index in [0.717, 1.165) is 22.3 Å². The Morgan fingerprint density at radius 3 is 2.94 bits per heavy atom. The van der Waals surface area contributed by atoms with Crippen LogP contribution in [-0.4, -0.2) is 15.0 Å². The zero-order valence-electron chi connectivity index (χ0n) is 9.27. The SMILES string of the molecule is CCn1nncc1C(N)c1ccc(Br)c(Cl)c1. The molecule has 1 heterocycles. The molecule has 0 spiro atoms. The molecule has 1 aromatic carbocycles. The highest BCUT2D eigenvalue weighted by molar-refractivity contribution is 9.10. The summed E-state index contributed by atoms with van der Waals surface area (Å²) in [5.41, 5.74) is 8.00. The Labute approximate surface area is 113 Å². The molecule has 1 unspecified atom stereocenters. The van der Waals surface area contributed by atoms with Crippen molar-refractivity contribution >= 4 is 27.5 Å². The van der Waals surface area contributed by atoms with Gasteiger partial charge in [-0.1, -0.05) is 22.9 Å². The van der Waals surface area contributed by atoms with E-state index >= 15 is 0 Å². The van der Waals surface area contributed by atoms with Crippen LogP contribution >= 0.6 is 27.5 Å². The van der Waals surface area contributed by atoms with Gasteiger partial charge in [0.1, 0.15) is 0 Å². The van der Waals surface area contributed by atoms with Crippen molar-refractivity contribution in [2.24, 2.45) is 5.73 Å². The van der Waals surface area contributed by atoms with Gasteiger partial charge in [-0.25, -0.2) is 4.68 Å². The first-order valence-electron chi connectivity index (χ1n) is 5.22. The number of nitrogens with two attached hydrogens (primary N) is 1. The number of benzene rings is 1. The summed E-state index contributed by atoms with van der Waals surface area (Å²) < 4.78 is 2.64. The van der Waals surface area contributed by atoms with Crippen molar-refractivity contribution in [1.82, 2.24) is 15.0 Å². The van der Waals surface area contributed by atoms with Crippen molar-refractivity contribution in [3.8, 4) is 0 Å². The summed E-state index contributed by atoms with van der Waals surface area (Å²) in [7, 11) is 0. The van der Waals surface area contributed by atoms with Crippen molar-refractivity contribution in [2.75, 3.05) is 0 Å². The lowest BCUT2D eigenvalue weighted by molar-refractivity contribution is 0.581. The molecule has 1 aromatic heterocycles. The highest BCUT2D eigenvalue weighted by Gasteiger charge is 2.15. The highest BCUT2D eigenvalue weighted by Crippen LogP contribution is 2.27. The average Bonchev–Trinajstić information content (AvgIpc) is 2.80. The fraction of sp³-hybridized carbons (Fsp3) is 0.273. The van der Waals surface area contributed by atoms with Crippen molar-refractivity contribution in [2.45, 2.75) is 19.5 Å². The molecule has 0 aliphatic carbocycles. The molecule has 0 saturated heterocycles. The first-order valence-corrected chi connectivity index (χ1v) is 6.39. The van der Waals surface area contributed by atoms with E-state index in [1.165, 1.54) is 0 Å². The topological polar surface area (TPSA) is 56.7 Å². The quantitative estimate of drug-likeness (QED) is 0.947. The van der Waals surface area contributed by atoms with Gasteiger partial charge in [0, 0.05) is 11.0 Å². The van der Waals surface area contributed by atoms with Gasteiger partial charge in [0.2, 0.25) is 0 Å². The zero-order valence-corrected chi connectivity index (χ0v) is 11.6. The summed E-state index contributed by atoms with van der Waals surface area (Å²) in [5, 5.41) is 8.48. The number of hydrogen-bond donors (Lipinski definition) is 1. The van der Waals surface area contributed by atoms with Crippen LogP contribution in [0.4, 0.5) is 0 Å². The molecule has 0 fully saturated rings. The average molecular weight is 316 g/mol. The first kappa shape index (κ1) is 12.5. The lowest BCUT2D eigenvalue weighted by Crippen LogP contribution is -2.17. The van der Waals surface area contributed by atoms with E-state index in [-0.39, 0.29) is 6.04 Å². The number of nitrogens with zero attached hydrogens (tertiary/aromatic N) is 3. The minimum atomic E-state index is -0.268. The molecule has 0 bridgehead atoms. The standard InChI is InChI=1S/C11H12BrClN4/c1-2-17-10(6-15-16-17)11(14)7-3-4-8(12)9(13)5-7/h3-6,11H,2,14H2,1H3. The van der Waals surface area contributed by atoms with E-state index in [4.69, 9.17) is 17.3 Å². The van der Waals surface area contributed by atoms with Gasteiger partial charge in [-0.3, -0.25) is 0 Å². The molecule has 6 heteroatoms. The second-order valence-electron chi connectivity index (χ2n) is 3.63. The molecule has 17 heavy (non-hydrogen) atoms. The van der Waals surface area contributed by atoms with Gasteiger partial charge in [-0.15, -0.1) is 5.10 Å². The molecule has 90 valence electrons. The van der Waals surface area contributed by atoms with Crippen LogP contribution in [0.1, 0.15) is 24.2 Å². The molecule has 0 amide bonds. The molecule has 2 aromatic rings. The predicted molar refractivity (Wildman–Crippen MR) is 70.9 cm³/mol. The largest absolute Gasteiger partial charge is 0.319 e. The van der Waals surface area contributed by atoms with E-state index < -0.39 is 0 Å². The van der Waals surface area contributed by atoms with E-state index in [1.54, 1.807) is 10.9 Å². The molecular weight excluding hydrogens is 304 g/mol. The van der Waals surface area contributed by atoms with E-state index in [2.05, 4.69) is 26.2 Å². The minimum Gasteiger partial charge on any atom is -0.319 e.